The fourth-order valence-electron chi connectivity index (χ4n) is 1.54. The molecular formula is C11H16ClNO3. The Balaban J connectivity index is 3.23. The number of aromatic hydroxyl groups is 1. The van der Waals surface area contributed by atoms with Crippen molar-refractivity contribution in [1.82, 2.24) is 0 Å². The van der Waals surface area contributed by atoms with Gasteiger partial charge in [0.1, 0.15) is 5.75 Å². The summed E-state index contributed by atoms with van der Waals surface area (Å²) in [6.07, 6.45) is 1.34. The molecule has 5 heteroatoms. The Bertz CT molecular complexity index is 369. The average molecular weight is 246 g/mol. The monoisotopic (exact) mass is 245 g/mol. The maximum absolute atomic E-state index is 9.85. The Morgan fingerprint density at radius 3 is 2.56 bits per heavy atom. The average Bonchev–Trinajstić information content (AvgIpc) is 2.30. The van der Waals surface area contributed by atoms with Crippen LogP contribution < -0.4 is 15.2 Å². The topological polar surface area (TPSA) is 64.7 Å². The molecule has 0 amide bonds. The first-order chi connectivity index (χ1) is 7.65. The number of halogens is 1. The van der Waals surface area contributed by atoms with Gasteiger partial charge in [0.25, 0.3) is 0 Å². The zero-order valence-corrected chi connectivity index (χ0v) is 10.2. The second-order valence-electron chi connectivity index (χ2n) is 3.31. The first kappa shape index (κ1) is 12.9. The molecule has 0 aliphatic rings. The summed E-state index contributed by atoms with van der Waals surface area (Å²) in [6, 6.07) is 1.53. The summed E-state index contributed by atoms with van der Waals surface area (Å²) in [4.78, 5) is 0. The molecule has 0 spiro atoms. The highest BCUT2D eigenvalue weighted by molar-refractivity contribution is 6.32. The first-order valence-corrected chi connectivity index (χ1v) is 5.35. The minimum absolute atomic E-state index is 0.0350. The van der Waals surface area contributed by atoms with Crippen LogP contribution in [-0.4, -0.2) is 25.9 Å². The van der Waals surface area contributed by atoms with Crippen molar-refractivity contribution in [3.63, 3.8) is 0 Å². The zero-order valence-electron chi connectivity index (χ0n) is 9.42. The molecule has 0 bridgehead atoms. The summed E-state index contributed by atoms with van der Waals surface area (Å²) < 4.78 is 10.4. The predicted octanol–water partition coefficient (Wildman–Crippen LogP) is 1.95. The Labute approximate surface area is 99.9 Å². The third kappa shape index (κ3) is 2.51. The molecular weight excluding hydrogens is 230 g/mol. The summed E-state index contributed by atoms with van der Waals surface area (Å²) in [7, 11) is 3.05. The van der Waals surface area contributed by atoms with Gasteiger partial charge < -0.3 is 20.3 Å². The van der Waals surface area contributed by atoms with Crippen LogP contribution in [0, 0.1) is 0 Å². The molecule has 0 saturated carbocycles. The lowest BCUT2D eigenvalue weighted by atomic mass is 10.1. The Morgan fingerprint density at radius 2 is 2.06 bits per heavy atom. The van der Waals surface area contributed by atoms with Crippen LogP contribution in [0.4, 0.5) is 0 Å². The van der Waals surface area contributed by atoms with E-state index >= 15 is 0 Å². The molecule has 1 aromatic carbocycles. The number of ether oxygens (including phenoxy) is 2. The molecule has 0 atom stereocenters. The fourth-order valence-corrected chi connectivity index (χ4v) is 1.75. The van der Waals surface area contributed by atoms with Gasteiger partial charge in [0.05, 0.1) is 19.2 Å². The van der Waals surface area contributed by atoms with Crippen molar-refractivity contribution in [3.8, 4) is 17.2 Å². The molecule has 0 saturated heterocycles. The van der Waals surface area contributed by atoms with Crippen LogP contribution in [0.2, 0.25) is 5.02 Å². The zero-order chi connectivity index (χ0) is 12.1. The Morgan fingerprint density at radius 1 is 1.38 bits per heavy atom. The number of nitrogens with two attached hydrogens (primary N) is 1. The second kappa shape index (κ2) is 5.82. The van der Waals surface area contributed by atoms with Gasteiger partial charge in [-0.05, 0) is 19.4 Å². The van der Waals surface area contributed by atoms with E-state index in [1.54, 1.807) is 0 Å². The van der Waals surface area contributed by atoms with Gasteiger partial charge in [-0.3, -0.25) is 0 Å². The number of hydrogen-bond acceptors (Lipinski definition) is 4. The van der Waals surface area contributed by atoms with Crippen molar-refractivity contribution < 1.29 is 14.6 Å². The molecule has 1 rings (SSSR count). The SMILES string of the molecule is COc1cc(Cl)c(O)c(CCCN)c1OC. The molecule has 0 aliphatic heterocycles. The molecule has 3 N–H and O–H groups in total. The van der Waals surface area contributed by atoms with Crippen molar-refractivity contribution >= 4 is 11.6 Å². The lowest BCUT2D eigenvalue weighted by Crippen LogP contribution is -2.03. The van der Waals surface area contributed by atoms with Crippen LogP contribution in [0.15, 0.2) is 6.07 Å². The van der Waals surface area contributed by atoms with E-state index in [1.807, 2.05) is 0 Å². The van der Waals surface area contributed by atoms with Crippen molar-refractivity contribution in [3.05, 3.63) is 16.7 Å². The summed E-state index contributed by atoms with van der Waals surface area (Å²) in [5, 5.41) is 10.1. The van der Waals surface area contributed by atoms with Crippen molar-refractivity contribution in [1.29, 1.82) is 0 Å². The van der Waals surface area contributed by atoms with Gasteiger partial charge in [0.2, 0.25) is 0 Å². The van der Waals surface area contributed by atoms with Gasteiger partial charge in [-0.1, -0.05) is 11.6 Å². The highest BCUT2D eigenvalue weighted by Gasteiger charge is 2.17. The third-order valence-corrected chi connectivity index (χ3v) is 2.61. The molecule has 1 aromatic rings. The van der Waals surface area contributed by atoms with E-state index in [0.29, 0.717) is 30.0 Å². The second-order valence-corrected chi connectivity index (χ2v) is 3.72. The molecule has 16 heavy (non-hydrogen) atoms. The molecule has 90 valence electrons. The van der Waals surface area contributed by atoms with Crippen LogP contribution in [0.5, 0.6) is 17.2 Å². The van der Waals surface area contributed by atoms with E-state index in [4.69, 9.17) is 26.8 Å². The summed E-state index contributed by atoms with van der Waals surface area (Å²) in [5.74, 6) is 1.06. The van der Waals surface area contributed by atoms with Gasteiger partial charge in [-0.2, -0.15) is 0 Å². The smallest absolute Gasteiger partial charge is 0.167 e. The highest BCUT2D eigenvalue weighted by Crippen LogP contribution is 2.42. The van der Waals surface area contributed by atoms with Gasteiger partial charge in [-0.15, -0.1) is 0 Å². The van der Waals surface area contributed by atoms with Gasteiger partial charge in [-0.25, -0.2) is 0 Å². The highest BCUT2D eigenvalue weighted by atomic mass is 35.5. The molecule has 0 radical (unpaired) electrons. The van der Waals surface area contributed by atoms with Gasteiger partial charge in [0, 0.05) is 11.6 Å². The minimum atomic E-state index is 0.0350. The first-order valence-electron chi connectivity index (χ1n) is 4.98. The minimum Gasteiger partial charge on any atom is -0.506 e. The Kier molecular flexibility index (Phi) is 4.71. The fraction of sp³-hybridized carbons (Fsp3) is 0.455. The van der Waals surface area contributed by atoms with E-state index in [-0.39, 0.29) is 10.8 Å². The largest absolute Gasteiger partial charge is 0.506 e. The van der Waals surface area contributed by atoms with Crippen molar-refractivity contribution in [2.24, 2.45) is 5.73 Å². The Hall–Kier alpha value is -1.13. The molecule has 0 aromatic heterocycles. The maximum Gasteiger partial charge on any atom is 0.167 e. The molecule has 0 fully saturated rings. The number of methoxy groups -OCH3 is 2. The van der Waals surface area contributed by atoms with E-state index in [9.17, 15) is 5.11 Å². The molecule has 0 aliphatic carbocycles. The summed E-state index contributed by atoms with van der Waals surface area (Å²) >= 11 is 5.89. The van der Waals surface area contributed by atoms with Gasteiger partial charge in [0.15, 0.2) is 11.5 Å². The predicted molar refractivity (Wildman–Crippen MR) is 63.6 cm³/mol. The van der Waals surface area contributed by atoms with E-state index in [0.717, 1.165) is 6.42 Å². The van der Waals surface area contributed by atoms with Crippen LogP contribution in [0.25, 0.3) is 0 Å². The van der Waals surface area contributed by atoms with Crippen molar-refractivity contribution in [2.75, 3.05) is 20.8 Å². The summed E-state index contributed by atoms with van der Waals surface area (Å²) in [5.41, 5.74) is 6.08. The number of rotatable bonds is 5. The third-order valence-electron chi connectivity index (χ3n) is 2.32. The molecule has 0 unspecified atom stereocenters. The number of benzene rings is 1. The summed E-state index contributed by atoms with van der Waals surface area (Å²) in [6.45, 7) is 0.539. The van der Waals surface area contributed by atoms with Crippen molar-refractivity contribution in [2.45, 2.75) is 12.8 Å². The standard InChI is InChI=1S/C11H16ClNO3/c1-15-9-6-8(12)10(14)7(4-3-5-13)11(9)16-2/h6,14H,3-5,13H2,1-2H3. The van der Waals surface area contributed by atoms with Crippen LogP contribution in [0.1, 0.15) is 12.0 Å². The van der Waals surface area contributed by atoms with E-state index < -0.39 is 0 Å². The van der Waals surface area contributed by atoms with Crippen LogP contribution >= 0.6 is 11.6 Å². The normalized spacial score (nSPS) is 10.2. The molecule has 4 nitrogen and oxygen atoms in total. The number of phenolic OH excluding ortho intramolecular Hbond substituents is 1. The lowest BCUT2D eigenvalue weighted by Gasteiger charge is -2.15. The van der Waals surface area contributed by atoms with Gasteiger partial charge >= 0.3 is 0 Å². The van der Waals surface area contributed by atoms with E-state index in [2.05, 4.69) is 0 Å². The van der Waals surface area contributed by atoms with E-state index in [1.165, 1.54) is 20.3 Å². The lowest BCUT2D eigenvalue weighted by molar-refractivity contribution is 0.346. The number of phenols is 1. The van der Waals surface area contributed by atoms with Crippen LogP contribution in [-0.2, 0) is 6.42 Å². The molecule has 0 heterocycles. The number of hydrogen-bond donors (Lipinski definition) is 2. The van der Waals surface area contributed by atoms with Crippen LogP contribution in [0.3, 0.4) is 0 Å². The quantitative estimate of drug-likeness (QED) is 0.832. The maximum atomic E-state index is 9.85.